The molecule has 1 unspecified atom stereocenters. The molecule has 4 rings (SSSR count). The Kier molecular flexibility index (Phi) is 6.97. The van der Waals surface area contributed by atoms with Gasteiger partial charge in [-0.2, -0.15) is 0 Å². The fourth-order valence-electron chi connectivity index (χ4n) is 4.58. The van der Waals surface area contributed by atoms with Crippen LogP contribution in [0, 0.1) is 0 Å². The SMILES string of the molecule is COc1ccc(OC)c(C2CCCN2C(=O)CN2CCN(CC(=O)NC3CC3)CC2)c1. The van der Waals surface area contributed by atoms with Crippen molar-refractivity contribution in [2.24, 2.45) is 0 Å². The number of rotatable bonds is 8. The lowest BCUT2D eigenvalue weighted by molar-refractivity contribution is -0.134. The first-order chi connectivity index (χ1) is 15.1. The van der Waals surface area contributed by atoms with Crippen LogP contribution in [0.2, 0.25) is 0 Å². The number of likely N-dealkylation sites (tertiary alicyclic amines) is 1. The van der Waals surface area contributed by atoms with Gasteiger partial charge in [0, 0.05) is 44.3 Å². The van der Waals surface area contributed by atoms with Crippen molar-refractivity contribution in [2.45, 2.75) is 37.8 Å². The van der Waals surface area contributed by atoms with Crippen LogP contribution in [0.15, 0.2) is 18.2 Å². The number of ether oxygens (including phenoxy) is 2. The molecule has 2 saturated heterocycles. The van der Waals surface area contributed by atoms with Crippen LogP contribution in [0.1, 0.15) is 37.3 Å². The van der Waals surface area contributed by atoms with E-state index < -0.39 is 0 Å². The largest absolute Gasteiger partial charge is 0.497 e. The summed E-state index contributed by atoms with van der Waals surface area (Å²) >= 11 is 0. The Balaban J connectivity index is 1.31. The van der Waals surface area contributed by atoms with Crippen LogP contribution in [-0.2, 0) is 9.59 Å². The Labute approximate surface area is 184 Å². The predicted molar refractivity (Wildman–Crippen MR) is 117 cm³/mol. The predicted octanol–water partition coefficient (Wildman–Crippen LogP) is 1.26. The fourth-order valence-corrected chi connectivity index (χ4v) is 4.58. The monoisotopic (exact) mass is 430 g/mol. The summed E-state index contributed by atoms with van der Waals surface area (Å²) in [6.45, 7) is 4.90. The molecule has 1 aliphatic carbocycles. The van der Waals surface area contributed by atoms with E-state index in [0.29, 0.717) is 19.1 Å². The number of hydrogen-bond donors (Lipinski definition) is 1. The van der Waals surface area contributed by atoms with Crippen molar-refractivity contribution in [1.82, 2.24) is 20.0 Å². The van der Waals surface area contributed by atoms with E-state index in [4.69, 9.17) is 9.47 Å². The van der Waals surface area contributed by atoms with Gasteiger partial charge in [-0.15, -0.1) is 0 Å². The quantitative estimate of drug-likeness (QED) is 0.670. The third kappa shape index (κ3) is 5.49. The molecule has 3 aliphatic rings. The minimum Gasteiger partial charge on any atom is -0.497 e. The highest BCUT2D eigenvalue weighted by atomic mass is 16.5. The number of carbonyl (C=O) groups excluding carboxylic acids is 2. The van der Waals surface area contributed by atoms with E-state index in [-0.39, 0.29) is 17.9 Å². The van der Waals surface area contributed by atoms with E-state index in [1.54, 1.807) is 14.2 Å². The summed E-state index contributed by atoms with van der Waals surface area (Å²) in [6.07, 6.45) is 4.14. The summed E-state index contributed by atoms with van der Waals surface area (Å²) < 4.78 is 11.0. The summed E-state index contributed by atoms with van der Waals surface area (Å²) in [5, 5.41) is 3.05. The first kappa shape index (κ1) is 21.9. The zero-order chi connectivity index (χ0) is 21.8. The Morgan fingerprint density at radius 3 is 2.32 bits per heavy atom. The highest BCUT2D eigenvalue weighted by molar-refractivity contribution is 5.79. The summed E-state index contributed by atoms with van der Waals surface area (Å²) in [5.41, 5.74) is 1.01. The fraction of sp³-hybridized carbons (Fsp3) is 0.652. The van der Waals surface area contributed by atoms with Gasteiger partial charge in [-0.3, -0.25) is 19.4 Å². The van der Waals surface area contributed by atoms with E-state index >= 15 is 0 Å². The van der Waals surface area contributed by atoms with Gasteiger partial charge in [-0.25, -0.2) is 0 Å². The molecule has 2 amide bonds. The van der Waals surface area contributed by atoms with Gasteiger partial charge in [0.15, 0.2) is 0 Å². The summed E-state index contributed by atoms with van der Waals surface area (Å²) in [4.78, 5) is 31.6. The summed E-state index contributed by atoms with van der Waals surface area (Å²) in [7, 11) is 3.31. The summed E-state index contributed by atoms with van der Waals surface area (Å²) in [5.74, 6) is 1.85. The van der Waals surface area contributed by atoms with E-state index in [2.05, 4.69) is 15.1 Å². The Morgan fingerprint density at radius 1 is 0.968 bits per heavy atom. The number of hydrogen-bond acceptors (Lipinski definition) is 6. The maximum absolute atomic E-state index is 13.2. The van der Waals surface area contributed by atoms with Crippen molar-refractivity contribution in [1.29, 1.82) is 0 Å². The molecule has 31 heavy (non-hydrogen) atoms. The third-order valence-corrected chi connectivity index (χ3v) is 6.50. The molecule has 0 aromatic heterocycles. The molecule has 0 spiro atoms. The molecule has 1 atom stereocenters. The lowest BCUT2D eigenvalue weighted by atomic mass is 10.0. The molecule has 1 aromatic carbocycles. The van der Waals surface area contributed by atoms with E-state index in [9.17, 15) is 9.59 Å². The van der Waals surface area contributed by atoms with Gasteiger partial charge >= 0.3 is 0 Å². The molecular weight excluding hydrogens is 396 g/mol. The maximum atomic E-state index is 13.2. The van der Waals surface area contributed by atoms with Crippen molar-refractivity contribution in [3.8, 4) is 11.5 Å². The zero-order valence-electron chi connectivity index (χ0n) is 18.6. The normalized spacial score (nSPS) is 22.4. The third-order valence-electron chi connectivity index (χ3n) is 6.50. The second-order valence-corrected chi connectivity index (χ2v) is 8.75. The second-order valence-electron chi connectivity index (χ2n) is 8.75. The van der Waals surface area contributed by atoms with Crippen LogP contribution in [0.4, 0.5) is 0 Å². The van der Waals surface area contributed by atoms with Crippen LogP contribution in [0.3, 0.4) is 0 Å². The molecule has 8 nitrogen and oxygen atoms in total. The first-order valence-corrected chi connectivity index (χ1v) is 11.3. The van der Waals surface area contributed by atoms with Gasteiger partial charge in [-0.05, 0) is 43.9 Å². The van der Waals surface area contributed by atoms with Crippen LogP contribution in [0.5, 0.6) is 11.5 Å². The van der Waals surface area contributed by atoms with E-state index in [0.717, 1.165) is 75.5 Å². The van der Waals surface area contributed by atoms with Gasteiger partial charge in [0.1, 0.15) is 11.5 Å². The van der Waals surface area contributed by atoms with Crippen molar-refractivity contribution in [2.75, 3.05) is 60.0 Å². The molecular formula is C23H34N4O4. The molecule has 2 aliphatic heterocycles. The van der Waals surface area contributed by atoms with E-state index in [1.165, 1.54) is 0 Å². The average molecular weight is 431 g/mol. The smallest absolute Gasteiger partial charge is 0.237 e. The molecule has 8 heteroatoms. The number of carbonyl (C=O) groups is 2. The number of piperazine rings is 1. The van der Waals surface area contributed by atoms with Crippen molar-refractivity contribution < 1.29 is 19.1 Å². The van der Waals surface area contributed by atoms with Gasteiger partial charge in [-0.1, -0.05) is 0 Å². The molecule has 1 aromatic rings. The Hall–Kier alpha value is -2.32. The van der Waals surface area contributed by atoms with Crippen LogP contribution in [0.25, 0.3) is 0 Å². The van der Waals surface area contributed by atoms with Crippen LogP contribution < -0.4 is 14.8 Å². The summed E-state index contributed by atoms with van der Waals surface area (Å²) in [6, 6.07) is 6.20. The van der Waals surface area contributed by atoms with E-state index in [1.807, 2.05) is 23.1 Å². The molecule has 0 bridgehead atoms. The average Bonchev–Trinajstić information content (AvgIpc) is 3.45. The minimum absolute atomic E-state index is 0.0185. The topological polar surface area (TPSA) is 74.4 Å². The standard InChI is InChI=1S/C23H34N4O4/c1-30-18-7-8-21(31-2)19(14-18)20-4-3-9-27(20)23(29)16-26-12-10-25(11-13-26)15-22(28)24-17-5-6-17/h7-8,14,17,20H,3-6,9-13,15-16H2,1-2H3,(H,24,28). The lowest BCUT2D eigenvalue weighted by Crippen LogP contribution is -2.52. The molecule has 1 N–H and O–H groups in total. The van der Waals surface area contributed by atoms with Crippen molar-refractivity contribution >= 4 is 11.8 Å². The molecule has 1 saturated carbocycles. The Bertz CT molecular complexity index is 790. The highest BCUT2D eigenvalue weighted by Crippen LogP contribution is 2.39. The molecule has 170 valence electrons. The molecule has 2 heterocycles. The number of nitrogens with one attached hydrogen (secondary N) is 1. The molecule has 0 radical (unpaired) electrons. The van der Waals surface area contributed by atoms with Crippen LogP contribution >= 0.6 is 0 Å². The van der Waals surface area contributed by atoms with Crippen molar-refractivity contribution in [3.63, 3.8) is 0 Å². The highest BCUT2D eigenvalue weighted by Gasteiger charge is 2.33. The maximum Gasteiger partial charge on any atom is 0.237 e. The number of amides is 2. The van der Waals surface area contributed by atoms with Gasteiger partial charge in [0.2, 0.25) is 11.8 Å². The molecule has 3 fully saturated rings. The minimum atomic E-state index is 0.0185. The lowest BCUT2D eigenvalue weighted by Gasteiger charge is -2.35. The van der Waals surface area contributed by atoms with Crippen molar-refractivity contribution in [3.05, 3.63) is 23.8 Å². The number of methoxy groups -OCH3 is 2. The number of nitrogens with zero attached hydrogens (tertiary/aromatic N) is 3. The van der Waals surface area contributed by atoms with Gasteiger partial charge in [0.05, 0.1) is 33.4 Å². The Morgan fingerprint density at radius 2 is 1.68 bits per heavy atom. The van der Waals surface area contributed by atoms with Gasteiger partial charge in [0.25, 0.3) is 0 Å². The van der Waals surface area contributed by atoms with Gasteiger partial charge < -0.3 is 19.7 Å². The first-order valence-electron chi connectivity index (χ1n) is 11.3. The second kappa shape index (κ2) is 9.87. The van der Waals surface area contributed by atoms with Crippen LogP contribution in [-0.4, -0.2) is 92.6 Å². The zero-order valence-corrected chi connectivity index (χ0v) is 18.6. The number of benzene rings is 1.